The van der Waals surface area contributed by atoms with Crippen molar-refractivity contribution in [1.29, 1.82) is 0 Å². The summed E-state index contributed by atoms with van der Waals surface area (Å²) in [5.41, 5.74) is 1.78. The quantitative estimate of drug-likeness (QED) is 0.903. The zero-order chi connectivity index (χ0) is 13.5. The number of hydrogen-bond acceptors (Lipinski definition) is 3. The monoisotopic (exact) mass is 261 g/mol. The second kappa shape index (κ2) is 4.71. The first-order valence-electron chi connectivity index (χ1n) is 7.14. The molecule has 19 heavy (non-hydrogen) atoms. The Balaban J connectivity index is 1.70. The fourth-order valence-corrected chi connectivity index (χ4v) is 2.92. The van der Waals surface area contributed by atoms with Gasteiger partial charge in [-0.2, -0.15) is 0 Å². The van der Waals surface area contributed by atoms with E-state index in [1.54, 1.807) is 7.11 Å². The van der Waals surface area contributed by atoms with E-state index in [1.165, 1.54) is 12.0 Å². The van der Waals surface area contributed by atoms with Crippen molar-refractivity contribution in [3.05, 3.63) is 23.8 Å². The number of nitrogens with one attached hydrogen (secondary N) is 1. The highest BCUT2D eigenvalue weighted by atomic mass is 16.5. The number of hydrogen-bond donors (Lipinski definition) is 1. The van der Waals surface area contributed by atoms with Crippen LogP contribution in [-0.4, -0.2) is 20.3 Å². The second-order valence-corrected chi connectivity index (χ2v) is 6.39. The molecule has 104 valence electrons. The molecule has 3 heteroatoms. The molecule has 0 radical (unpaired) electrons. The largest absolute Gasteiger partial charge is 0.497 e. The second-order valence-electron chi connectivity index (χ2n) is 6.39. The number of rotatable bonds is 4. The third-order valence-corrected chi connectivity index (χ3v) is 4.58. The minimum atomic E-state index is 0.398. The summed E-state index contributed by atoms with van der Waals surface area (Å²) < 4.78 is 11.0. The van der Waals surface area contributed by atoms with Crippen LogP contribution in [0.5, 0.6) is 11.5 Å². The molecule has 1 heterocycles. The van der Waals surface area contributed by atoms with Gasteiger partial charge in [0.25, 0.3) is 0 Å². The molecule has 0 amide bonds. The van der Waals surface area contributed by atoms with E-state index in [4.69, 9.17) is 9.47 Å². The van der Waals surface area contributed by atoms with Crippen molar-refractivity contribution in [3.8, 4) is 11.5 Å². The van der Waals surface area contributed by atoms with Gasteiger partial charge in [-0.1, -0.05) is 13.8 Å². The van der Waals surface area contributed by atoms with Gasteiger partial charge in [0.05, 0.1) is 13.7 Å². The van der Waals surface area contributed by atoms with E-state index in [0.29, 0.717) is 11.5 Å². The zero-order valence-corrected chi connectivity index (χ0v) is 12.0. The third-order valence-electron chi connectivity index (χ3n) is 4.58. The van der Waals surface area contributed by atoms with Crippen LogP contribution in [-0.2, 0) is 0 Å². The van der Waals surface area contributed by atoms with Crippen LogP contribution in [0.15, 0.2) is 18.2 Å². The van der Waals surface area contributed by atoms with E-state index in [0.717, 1.165) is 37.0 Å². The minimum absolute atomic E-state index is 0.398. The molecule has 0 saturated heterocycles. The highest BCUT2D eigenvalue weighted by molar-refractivity contribution is 5.43. The molecule has 0 bridgehead atoms. The minimum Gasteiger partial charge on any atom is -0.497 e. The van der Waals surface area contributed by atoms with Crippen LogP contribution in [0.1, 0.15) is 38.3 Å². The van der Waals surface area contributed by atoms with Crippen molar-refractivity contribution in [2.45, 2.75) is 32.7 Å². The Morgan fingerprint density at radius 1 is 1.42 bits per heavy atom. The van der Waals surface area contributed by atoms with Crippen molar-refractivity contribution < 1.29 is 9.47 Å². The van der Waals surface area contributed by atoms with Crippen molar-refractivity contribution >= 4 is 0 Å². The third kappa shape index (κ3) is 2.57. The SMILES string of the molecule is COc1ccc2c(c1)C(NCC1CC1(C)C)CCO2. The Morgan fingerprint density at radius 3 is 2.89 bits per heavy atom. The molecule has 1 aliphatic carbocycles. The van der Waals surface area contributed by atoms with Crippen LogP contribution in [0.25, 0.3) is 0 Å². The van der Waals surface area contributed by atoms with Gasteiger partial charge in [0.15, 0.2) is 0 Å². The molecule has 2 atom stereocenters. The summed E-state index contributed by atoms with van der Waals surface area (Å²) in [4.78, 5) is 0. The summed E-state index contributed by atoms with van der Waals surface area (Å²) in [5, 5.41) is 3.71. The molecule has 1 aliphatic heterocycles. The van der Waals surface area contributed by atoms with Gasteiger partial charge in [0.2, 0.25) is 0 Å². The molecule has 1 N–H and O–H groups in total. The van der Waals surface area contributed by atoms with Gasteiger partial charge in [0.1, 0.15) is 11.5 Å². The maximum absolute atomic E-state index is 5.72. The normalized spacial score (nSPS) is 27.3. The highest BCUT2D eigenvalue weighted by Crippen LogP contribution is 2.51. The smallest absolute Gasteiger partial charge is 0.124 e. The first-order chi connectivity index (χ1) is 9.10. The lowest BCUT2D eigenvalue weighted by molar-refractivity contribution is 0.250. The number of ether oxygens (including phenoxy) is 2. The summed E-state index contributed by atoms with van der Waals surface area (Å²) in [6, 6.07) is 6.48. The summed E-state index contributed by atoms with van der Waals surface area (Å²) in [5.74, 6) is 2.73. The predicted octanol–water partition coefficient (Wildman–Crippen LogP) is 3.15. The molecule has 1 fully saturated rings. The average molecular weight is 261 g/mol. The Kier molecular flexibility index (Phi) is 3.17. The topological polar surface area (TPSA) is 30.5 Å². The first kappa shape index (κ1) is 12.8. The number of benzene rings is 1. The fourth-order valence-electron chi connectivity index (χ4n) is 2.92. The molecule has 0 spiro atoms. The fraction of sp³-hybridized carbons (Fsp3) is 0.625. The van der Waals surface area contributed by atoms with Crippen molar-refractivity contribution in [2.75, 3.05) is 20.3 Å². The lowest BCUT2D eigenvalue weighted by Gasteiger charge is -2.27. The molecule has 3 nitrogen and oxygen atoms in total. The van der Waals surface area contributed by atoms with Gasteiger partial charge in [-0.3, -0.25) is 0 Å². The van der Waals surface area contributed by atoms with Crippen LogP contribution in [0.3, 0.4) is 0 Å². The highest BCUT2D eigenvalue weighted by Gasteiger charge is 2.45. The van der Waals surface area contributed by atoms with E-state index in [9.17, 15) is 0 Å². The lowest BCUT2D eigenvalue weighted by Crippen LogP contribution is -2.29. The van der Waals surface area contributed by atoms with E-state index in [2.05, 4.69) is 25.2 Å². The number of methoxy groups -OCH3 is 1. The molecule has 2 aliphatic rings. The Hall–Kier alpha value is -1.22. The van der Waals surface area contributed by atoms with E-state index in [-0.39, 0.29) is 0 Å². The summed E-state index contributed by atoms with van der Waals surface area (Å²) in [6.07, 6.45) is 2.38. The predicted molar refractivity (Wildman–Crippen MR) is 75.7 cm³/mol. The molecule has 2 unspecified atom stereocenters. The van der Waals surface area contributed by atoms with Crippen molar-refractivity contribution in [1.82, 2.24) is 5.32 Å². The molecule has 0 aromatic heterocycles. The first-order valence-corrected chi connectivity index (χ1v) is 7.14. The molecular formula is C16H23NO2. The average Bonchev–Trinajstić information content (AvgIpc) is 3.03. The van der Waals surface area contributed by atoms with Crippen LogP contribution < -0.4 is 14.8 Å². The van der Waals surface area contributed by atoms with E-state index in [1.807, 2.05) is 12.1 Å². The van der Waals surface area contributed by atoms with Crippen LogP contribution in [0.4, 0.5) is 0 Å². The summed E-state index contributed by atoms with van der Waals surface area (Å²) >= 11 is 0. The summed E-state index contributed by atoms with van der Waals surface area (Å²) in [6.45, 7) is 6.60. The van der Waals surface area contributed by atoms with Crippen LogP contribution >= 0.6 is 0 Å². The standard InChI is InChI=1S/C16H23NO2/c1-16(2)9-11(16)10-17-14-6-7-19-15-5-4-12(18-3)8-13(14)15/h4-5,8,11,14,17H,6-7,9-10H2,1-3H3. The van der Waals surface area contributed by atoms with Gasteiger partial charge in [-0.15, -0.1) is 0 Å². The number of fused-ring (bicyclic) bond motifs is 1. The van der Waals surface area contributed by atoms with Gasteiger partial charge in [0, 0.05) is 18.0 Å². The van der Waals surface area contributed by atoms with E-state index < -0.39 is 0 Å². The summed E-state index contributed by atoms with van der Waals surface area (Å²) in [7, 11) is 1.71. The van der Waals surface area contributed by atoms with Gasteiger partial charge in [-0.25, -0.2) is 0 Å². The molecule has 3 rings (SSSR count). The molecule has 1 aromatic carbocycles. The van der Waals surface area contributed by atoms with Gasteiger partial charge in [-0.05, 0) is 42.5 Å². The van der Waals surface area contributed by atoms with E-state index >= 15 is 0 Å². The Labute approximate surface area is 115 Å². The lowest BCUT2D eigenvalue weighted by atomic mass is 9.99. The molecule has 1 saturated carbocycles. The maximum Gasteiger partial charge on any atom is 0.124 e. The van der Waals surface area contributed by atoms with Crippen molar-refractivity contribution in [3.63, 3.8) is 0 Å². The zero-order valence-electron chi connectivity index (χ0n) is 12.0. The van der Waals surface area contributed by atoms with Gasteiger partial charge >= 0.3 is 0 Å². The van der Waals surface area contributed by atoms with Crippen LogP contribution in [0.2, 0.25) is 0 Å². The molecule has 1 aromatic rings. The van der Waals surface area contributed by atoms with Crippen molar-refractivity contribution in [2.24, 2.45) is 11.3 Å². The van der Waals surface area contributed by atoms with Gasteiger partial charge < -0.3 is 14.8 Å². The maximum atomic E-state index is 5.72. The van der Waals surface area contributed by atoms with Crippen LogP contribution in [0, 0.1) is 11.3 Å². The Morgan fingerprint density at radius 2 is 2.21 bits per heavy atom. The Bertz CT molecular complexity index is 470. The molecular weight excluding hydrogens is 238 g/mol.